The molecule has 0 spiro atoms. The highest BCUT2D eigenvalue weighted by Gasteiger charge is 2.29. The van der Waals surface area contributed by atoms with E-state index in [-0.39, 0.29) is 11.9 Å². The van der Waals surface area contributed by atoms with Crippen LogP contribution in [0.1, 0.15) is 19.0 Å². The number of carbonyl (C=O) groups excluding carboxylic acids is 1. The number of rotatable bonds is 5. The van der Waals surface area contributed by atoms with E-state index in [0.717, 1.165) is 6.42 Å². The third-order valence-electron chi connectivity index (χ3n) is 3.33. The van der Waals surface area contributed by atoms with E-state index >= 15 is 0 Å². The van der Waals surface area contributed by atoms with Gasteiger partial charge < -0.3 is 10.1 Å². The molecule has 116 valence electrons. The predicted octanol–water partition coefficient (Wildman–Crippen LogP) is 2.12. The third-order valence-corrected chi connectivity index (χ3v) is 3.88. The van der Waals surface area contributed by atoms with Crippen molar-refractivity contribution < 1.29 is 9.53 Å². The smallest absolute Gasteiger partial charge is 0.239 e. The van der Waals surface area contributed by atoms with Crippen LogP contribution in [0.3, 0.4) is 0 Å². The predicted molar refractivity (Wildman–Crippen MR) is 82.6 cm³/mol. The Balaban J connectivity index is 2.08. The van der Waals surface area contributed by atoms with Gasteiger partial charge in [-0.15, -0.1) is 0 Å². The molecule has 1 fully saturated rings. The van der Waals surface area contributed by atoms with Gasteiger partial charge in [0.1, 0.15) is 11.2 Å². The summed E-state index contributed by atoms with van der Waals surface area (Å²) in [6.07, 6.45) is 0.904. The quantitative estimate of drug-likeness (QED) is 0.839. The van der Waals surface area contributed by atoms with Crippen molar-refractivity contribution in [1.29, 1.82) is 0 Å². The van der Waals surface area contributed by atoms with Gasteiger partial charge in [-0.2, -0.15) is 0 Å². The van der Waals surface area contributed by atoms with Crippen LogP contribution in [0, 0.1) is 0 Å². The molecule has 1 aliphatic rings. The van der Waals surface area contributed by atoms with Crippen LogP contribution in [-0.2, 0) is 16.1 Å². The van der Waals surface area contributed by atoms with Crippen LogP contribution in [0.25, 0.3) is 0 Å². The minimum absolute atomic E-state index is 0.0188. The van der Waals surface area contributed by atoms with Gasteiger partial charge in [0.25, 0.3) is 0 Å². The lowest BCUT2D eigenvalue weighted by Crippen LogP contribution is -2.53. The summed E-state index contributed by atoms with van der Waals surface area (Å²) in [6.45, 7) is 4.80. The summed E-state index contributed by atoms with van der Waals surface area (Å²) in [5.74, 6) is -0.0188. The Bertz CT molecular complexity index is 499. The second-order valence-electron chi connectivity index (χ2n) is 4.91. The van der Waals surface area contributed by atoms with E-state index in [4.69, 9.17) is 27.9 Å². The SMILES string of the molecule is CCCNC(=O)C1COCCN1Cc1nc(Cl)ccc1Cl. The van der Waals surface area contributed by atoms with Crippen molar-refractivity contribution in [3.05, 3.63) is 28.0 Å². The second kappa shape index (κ2) is 7.94. The molecule has 1 N–H and O–H groups in total. The largest absolute Gasteiger partial charge is 0.378 e. The maximum Gasteiger partial charge on any atom is 0.239 e. The van der Waals surface area contributed by atoms with Gasteiger partial charge in [0.2, 0.25) is 5.91 Å². The van der Waals surface area contributed by atoms with Crippen molar-refractivity contribution in [2.45, 2.75) is 25.9 Å². The molecule has 0 bridgehead atoms. The molecule has 0 saturated carbocycles. The van der Waals surface area contributed by atoms with E-state index in [2.05, 4.69) is 10.3 Å². The number of carbonyl (C=O) groups is 1. The number of ether oxygens (including phenoxy) is 1. The Kier molecular flexibility index (Phi) is 6.23. The van der Waals surface area contributed by atoms with Gasteiger partial charge in [-0.05, 0) is 18.6 Å². The number of nitrogens with zero attached hydrogens (tertiary/aromatic N) is 2. The number of aromatic nitrogens is 1. The molecule has 2 heterocycles. The molecule has 2 rings (SSSR count). The monoisotopic (exact) mass is 331 g/mol. The van der Waals surface area contributed by atoms with Crippen molar-refractivity contribution in [1.82, 2.24) is 15.2 Å². The van der Waals surface area contributed by atoms with Crippen molar-refractivity contribution in [3.63, 3.8) is 0 Å². The van der Waals surface area contributed by atoms with E-state index < -0.39 is 0 Å². The van der Waals surface area contributed by atoms with Gasteiger partial charge in [0, 0.05) is 19.6 Å². The molecule has 1 aliphatic heterocycles. The Labute approximate surface area is 134 Å². The van der Waals surface area contributed by atoms with E-state index in [1.165, 1.54) is 0 Å². The Morgan fingerprint density at radius 1 is 1.52 bits per heavy atom. The maximum atomic E-state index is 12.2. The minimum Gasteiger partial charge on any atom is -0.378 e. The van der Waals surface area contributed by atoms with Crippen LogP contribution < -0.4 is 5.32 Å². The molecule has 0 radical (unpaired) electrons. The minimum atomic E-state index is -0.317. The average Bonchev–Trinajstić information content (AvgIpc) is 2.49. The molecule has 1 amide bonds. The highest BCUT2D eigenvalue weighted by molar-refractivity contribution is 6.32. The van der Waals surface area contributed by atoms with Crippen molar-refractivity contribution in [3.8, 4) is 0 Å². The molecule has 0 aromatic carbocycles. The standard InChI is InChI=1S/C14H19Cl2N3O2/c1-2-5-17-14(20)12-9-21-7-6-19(12)8-11-10(15)3-4-13(16)18-11/h3-4,12H,2,5-9H2,1H3,(H,17,20). The van der Waals surface area contributed by atoms with Gasteiger partial charge in [-0.25, -0.2) is 4.98 Å². The third kappa shape index (κ3) is 4.54. The fraction of sp³-hybridized carbons (Fsp3) is 0.571. The van der Waals surface area contributed by atoms with E-state index in [1.807, 2.05) is 11.8 Å². The summed E-state index contributed by atoms with van der Waals surface area (Å²) < 4.78 is 5.42. The normalized spacial score (nSPS) is 19.5. The van der Waals surface area contributed by atoms with Crippen LogP contribution >= 0.6 is 23.2 Å². The van der Waals surface area contributed by atoms with E-state index in [0.29, 0.717) is 48.7 Å². The molecular formula is C14H19Cl2N3O2. The molecule has 1 aromatic rings. The summed E-state index contributed by atoms with van der Waals surface area (Å²) in [4.78, 5) is 18.5. The van der Waals surface area contributed by atoms with Gasteiger partial charge in [0.05, 0.1) is 23.9 Å². The zero-order valence-electron chi connectivity index (χ0n) is 11.9. The van der Waals surface area contributed by atoms with Crippen molar-refractivity contribution >= 4 is 29.1 Å². The lowest BCUT2D eigenvalue weighted by Gasteiger charge is -2.34. The topological polar surface area (TPSA) is 54.5 Å². The molecular weight excluding hydrogens is 313 g/mol. The fourth-order valence-corrected chi connectivity index (χ4v) is 2.53. The molecule has 1 atom stereocenters. The molecule has 1 unspecified atom stereocenters. The first-order chi connectivity index (χ1) is 10.1. The molecule has 1 aromatic heterocycles. The van der Waals surface area contributed by atoms with Crippen molar-refractivity contribution in [2.24, 2.45) is 0 Å². The zero-order chi connectivity index (χ0) is 15.2. The highest BCUT2D eigenvalue weighted by atomic mass is 35.5. The highest BCUT2D eigenvalue weighted by Crippen LogP contribution is 2.20. The number of amides is 1. The summed E-state index contributed by atoms with van der Waals surface area (Å²) >= 11 is 12.1. The first-order valence-corrected chi connectivity index (χ1v) is 7.78. The second-order valence-corrected chi connectivity index (χ2v) is 5.71. The van der Waals surface area contributed by atoms with E-state index in [1.54, 1.807) is 12.1 Å². The summed E-state index contributed by atoms with van der Waals surface area (Å²) in [6, 6.07) is 3.05. The molecule has 21 heavy (non-hydrogen) atoms. The number of nitrogens with one attached hydrogen (secondary N) is 1. The Morgan fingerprint density at radius 3 is 3.10 bits per heavy atom. The van der Waals surface area contributed by atoms with Crippen molar-refractivity contribution in [2.75, 3.05) is 26.3 Å². The Hall–Kier alpha value is -0.880. The van der Waals surface area contributed by atoms with Crippen LogP contribution in [0.15, 0.2) is 12.1 Å². The average molecular weight is 332 g/mol. The lowest BCUT2D eigenvalue weighted by atomic mass is 10.2. The molecule has 0 aliphatic carbocycles. The number of pyridine rings is 1. The molecule has 1 saturated heterocycles. The van der Waals surface area contributed by atoms with Crippen LogP contribution in [0.5, 0.6) is 0 Å². The first-order valence-electron chi connectivity index (χ1n) is 7.02. The number of halogens is 2. The van der Waals surface area contributed by atoms with Crippen LogP contribution in [0.4, 0.5) is 0 Å². The van der Waals surface area contributed by atoms with Gasteiger partial charge in [-0.1, -0.05) is 30.1 Å². The molecule has 5 nitrogen and oxygen atoms in total. The van der Waals surface area contributed by atoms with Crippen LogP contribution in [0.2, 0.25) is 10.2 Å². The summed E-state index contributed by atoms with van der Waals surface area (Å²) in [5, 5.41) is 3.86. The van der Waals surface area contributed by atoms with Crippen LogP contribution in [-0.4, -0.2) is 48.1 Å². The molecule has 7 heteroatoms. The summed E-state index contributed by atoms with van der Waals surface area (Å²) in [5.41, 5.74) is 0.680. The lowest BCUT2D eigenvalue weighted by molar-refractivity contribution is -0.133. The maximum absolute atomic E-state index is 12.2. The fourth-order valence-electron chi connectivity index (χ4n) is 2.20. The van der Waals surface area contributed by atoms with Gasteiger partial charge >= 0.3 is 0 Å². The number of hydrogen-bond donors (Lipinski definition) is 1. The van der Waals surface area contributed by atoms with Gasteiger partial charge in [0.15, 0.2) is 0 Å². The Morgan fingerprint density at radius 2 is 2.33 bits per heavy atom. The zero-order valence-corrected chi connectivity index (χ0v) is 13.5. The first kappa shape index (κ1) is 16.5. The van der Waals surface area contributed by atoms with E-state index in [9.17, 15) is 4.79 Å². The number of hydrogen-bond acceptors (Lipinski definition) is 4. The summed E-state index contributed by atoms with van der Waals surface area (Å²) in [7, 11) is 0. The van der Waals surface area contributed by atoms with Gasteiger partial charge in [-0.3, -0.25) is 9.69 Å². The number of morpholine rings is 1.